The minimum Gasteiger partial charge on any atom is -0.389 e. The van der Waals surface area contributed by atoms with Gasteiger partial charge < -0.3 is 10.4 Å². The lowest BCUT2D eigenvalue weighted by Gasteiger charge is -2.29. The molecule has 18 heavy (non-hydrogen) atoms. The molecule has 1 saturated carbocycles. The van der Waals surface area contributed by atoms with E-state index < -0.39 is 5.60 Å². The summed E-state index contributed by atoms with van der Waals surface area (Å²) < 4.78 is 1.39. The molecule has 2 nitrogen and oxygen atoms in total. The van der Waals surface area contributed by atoms with E-state index in [-0.39, 0.29) is 0 Å². The molecule has 3 rings (SSSR count). The summed E-state index contributed by atoms with van der Waals surface area (Å²) in [6, 6.07) is 2.80. The lowest BCUT2D eigenvalue weighted by atomic mass is 9.93. The molecule has 4 heteroatoms. The number of rotatable bonds is 3. The van der Waals surface area contributed by atoms with Crippen LogP contribution in [0, 0.1) is 2.88 Å². The van der Waals surface area contributed by atoms with Crippen LogP contribution < -0.4 is 5.32 Å². The number of thiophene rings is 1. The summed E-state index contributed by atoms with van der Waals surface area (Å²) in [5.41, 5.74) is 1.07. The average molecular weight is 377 g/mol. The van der Waals surface area contributed by atoms with Crippen molar-refractivity contribution in [1.82, 2.24) is 5.32 Å². The second kappa shape index (κ2) is 5.38. The molecular weight excluding hydrogens is 357 g/mol. The number of nitrogens with one attached hydrogen (secondary N) is 1. The highest BCUT2D eigenvalue weighted by atomic mass is 127. The first-order valence-electron chi connectivity index (χ1n) is 6.90. The summed E-state index contributed by atoms with van der Waals surface area (Å²) in [4.78, 5) is 1.56. The van der Waals surface area contributed by atoms with E-state index in [0.29, 0.717) is 6.04 Å². The minimum absolute atomic E-state index is 0.430. The van der Waals surface area contributed by atoms with Crippen LogP contribution in [-0.2, 0) is 6.42 Å². The zero-order chi connectivity index (χ0) is 12.6. The van der Waals surface area contributed by atoms with Crippen molar-refractivity contribution >= 4 is 33.9 Å². The van der Waals surface area contributed by atoms with Crippen molar-refractivity contribution < 1.29 is 5.11 Å². The van der Waals surface area contributed by atoms with Crippen LogP contribution in [0.1, 0.15) is 55.0 Å². The zero-order valence-electron chi connectivity index (χ0n) is 10.5. The van der Waals surface area contributed by atoms with Gasteiger partial charge in [-0.1, -0.05) is 12.8 Å². The SMILES string of the molecule is OC1(CNC2CCCc3sc(I)cc32)CCCC1. The minimum atomic E-state index is -0.430. The topological polar surface area (TPSA) is 32.3 Å². The first kappa shape index (κ1) is 13.3. The van der Waals surface area contributed by atoms with E-state index >= 15 is 0 Å². The van der Waals surface area contributed by atoms with Crippen LogP contribution in [0.2, 0.25) is 0 Å². The molecule has 0 aliphatic heterocycles. The largest absolute Gasteiger partial charge is 0.389 e. The number of aryl methyl sites for hydroxylation is 1. The highest BCUT2D eigenvalue weighted by Crippen LogP contribution is 2.37. The van der Waals surface area contributed by atoms with Crippen molar-refractivity contribution in [2.75, 3.05) is 6.54 Å². The van der Waals surface area contributed by atoms with Crippen molar-refractivity contribution in [3.8, 4) is 0 Å². The maximum Gasteiger partial charge on any atom is 0.0771 e. The molecule has 2 aliphatic carbocycles. The van der Waals surface area contributed by atoms with Crippen molar-refractivity contribution in [2.24, 2.45) is 0 Å². The van der Waals surface area contributed by atoms with Gasteiger partial charge in [-0.25, -0.2) is 0 Å². The first-order chi connectivity index (χ1) is 8.66. The predicted molar refractivity (Wildman–Crippen MR) is 84.1 cm³/mol. The third-order valence-corrected chi connectivity index (χ3v) is 6.27. The summed E-state index contributed by atoms with van der Waals surface area (Å²) in [7, 11) is 0. The Kier molecular flexibility index (Phi) is 3.99. The van der Waals surface area contributed by atoms with Gasteiger partial charge >= 0.3 is 0 Å². The second-order valence-electron chi connectivity index (χ2n) is 5.69. The van der Waals surface area contributed by atoms with E-state index in [0.717, 1.165) is 19.4 Å². The van der Waals surface area contributed by atoms with E-state index in [1.807, 2.05) is 11.3 Å². The first-order valence-corrected chi connectivity index (χ1v) is 8.80. The van der Waals surface area contributed by atoms with Crippen LogP contribution in [-0.4, -0.2) is 17.3 Å². The van der Waals surface area contributed by atoms with Gasteiger partial charge in [0.15, 0.2) is 0 Å². The molecule has 0 spiro atoms. The van der Waals surface area contributed by atoms with Gasteiger partial charge in [-0.15, -0.1) is 11.3 Å². The van der Waals surface area contributed by atoms with Crippen LogP contribution in [0.5, 0.6) is 0 Å². The summed E-state index contributed by atoms with van der Waals surface area (Å²) >= 11 is 4.36. The van der Waals surface area contributed by atoms with E-state index in [1.165, 1.54) is 40.6 Å². The van der Waals surface area contributed by atoms with Crippen molar-refractivity contribution in [3.63, 3.8) is 0 Å². The van der Waals surface area contributed by atoms with Crippen LogP contribution in [0.25, 0.3) is 0 Å². The molecule has 1 aromatic heterocycles. The molecule has 1 unspecified atom stereocenters. The fraction of sp³-hybridized carbons (Fsp3) is 0.714. The maximum absolute atomic E-state index is 10.4. The highest BCUT2D eigenvalue weighted by Gasteiger charge is 2.32. The summed E-state index contributed by atoms with van der Waals surface area (Å²) in [6.45, 7) is 0.767. The van der Waals surface area contributed by atoms with Crippen LogP contribution >= 0.6 is 33.9 Å². The van der Waals surface area contributed by atoms with Crippen LogP contribution in [0.3, 0.4) is 0 Å². The lowest BCUT2D eigenvalue weighted by molar-refractivity contribution is 0.0442. The Labute approximate surface area is 126 Å². The molecule has 1 fully saturated rings. The number of hydrogen-bond acceptors (Lipinski definition) is 3. The van der Waals surface area contributed by atoms with Gasteiger partial charge in [0, 0.05) is 17.5 Å². The van der Waals surface area contributed by atoms with Gasteiger partial charge in [-0.05, 0) is 66.3 Å². The third-order valence-electron chi connectivity index (χ3n) is 4.30. The molecular formula is C14H20INOS. The van der Waals surface area contributed by atoms with E-state index in [1.54, 1.807) is 4.88 Å². The van der Waals surface area contributed by atoms with Gasteiger partial charge in [0.25, 0.3) is 0 Å². The molecule has 0 bridgehead atoms. The van der Waals surface area contributed by atoms with Gasteiger partial charge in [0.1, 0.15) is 0 Å². The van der Waals surface area contributed by atoms with Crippen LogP contribution in [0.4, 0.5) is 0 Å². The molecule has 2 N–H and O–H groups in total. The Morgan fingerprint density at radius 2 is 2.17 bits per heavy atom. The van der Waals surface area contributed by atoms with Gasteiger partial charge in [0.05, 0.1) is 8.48 Å². The molecule has 1 heterocycles. The Morgan fingerprint density at radius 3 is 2.94 bits per heavy atom. The second-order valence-corrected chi connectivity index (χ2v) is 8.72. The molecule has 100 valence electrons. The zero-order valence-corrected chi connectivity index (χ0v) is 13.5. The molecule has 0 aromatic carbocycles. The fourth-order valence-corrected chi connectivity index (χ4v) is 5.38. The van der Waals surface area contributed by atoms with Crippen molar-refractivity contribution in [3.05, 3.63) is 19.4 Å². The average Bonchev–Trinajstić information content (AvgIpc) is 2.92. The standard InChI is InChI=1S/C14H20INOS/c15-13-8-10-11(4-3-5-12(10)18-13)16-9-14(17)6-1-2-7-14/h8,11,16-17H,1-7,9H2. The smallest absolute Gasteiger partial charge is 0.0771 e. The third kappa shape index (κ3) is 2.76. The van der Waals surface area contributed by atoms with Gasteiger partial charge in [-0.2, -0.15) is 0 Å². The summed E-state index contributed by atoms with van der Waals surface area (Å²) in [6.07, 6.45) is 8.05. The van der Waals surface area contributed by atoms with Gasteiger partial charge in [0.2, 0.25) is 0 Å². The highest BCUT2D eigenvalue weighted by molar-refractivity contribution is 14.1. The summed E-state index contributed by atoms with van der Waals surface area (Å²) in [5.74, 6) is 0. The Balaban J connectivity index is 1.67. The molecule has 0 amide bonds. The molecule has 1 atom stereocenters. The van der Waals surface area contributed by atoms with Crippen molar-refractivity contribution in [1.29, 1.82) is 0 Å². The van der Waals surface area contributed by atoms with E-state index in [4.69, 9.17) is 0 Å². The number of aliphatic hydroxyl groups is 1. The molecule has 2 aliphatic rings. The Hall–Kier alpha value is 0.350. The van der Waals surface area contributed by atoms with Crippen LogP contribution in [0.15, 0.2) is 6.07 Å². The monoisotopic (exact) mass is 377 g/mol. The fourth-order valence-electron chi connectivity index (χ4n) is 3.26. The van der Waals surface area contributed by atoms with E-state index in [9.17, 15) is 5.11 Å². The predicted octanol–water partition coefficient (Wildman–Crippen LogP) is 3.62. The summed E-state index contributed by atoms with van der Waals surface area (Å²) in [5, 5.41) is 14.0. The Bertz CT molecular complexity index is 425. The number of hydrogen-bond donors (Lipinski definition) is 2. The quantitative estimate of drug-likeness (QED) is 0.789. The molecule has 1 aromatic rings. The molecule has 0 radical (unpaired) electrons. The lowest BCUT2D eigenvalue weighted by Crippen LogP contribution is -2.40. The number of halogens is 1. The number of fused-ring (bicyclic) bond motifs is 1. The van der Waals surface area contributed by atoms with Crippen molar-refractivity contribution in [2.45, 2.75) is 56.6 Å². The maximum atomic E-state index is 10.4. The van der Waals surface area contributed by atoms with E-state index in [2.05, 4.69) is 34.0 Å². The molecule has 0 saturated heterocycles. The van der Waals surface area contributed by atoms with Gasteiger partial charge in [-0.3, -0.25) is 0 Å². The normalized spacial score (nSPS) is 26.2. The Morgan fingerprint density at radius 1 is 1.39 bits per heavy atom.